The van der Waals surface area contributed by atoms with E-state index >= 15 is 0 Å². The van der Waals surface area contributed by atoms with Crippen LogP contribution in [0, 0.1) is 0 Å². The van der Waals surface area contributed by atoms with E-state index in [0.717, 1.165) is 32.1 Å². The van der Waals surface area contributed by atoms with E-state index in [2.05, 4.69) is 16.7 Å². The molecule has 1 aromatic rings. The number of hydrogen-bond acceptors (Lipinski definition) is 2. The Bertz CT molecular complexity index is 368. The Kier molecular flexibility index (Phi) is 3.62. The fourth-order valence-corrected chi connectivity index (χ4v) is 2.10. The molecular formula is C13H18F2N2. The van der Waals surface area contributed by atoms with Crippen molar-refractivity contribution in [2.45, 2.75) is 25.2 Å². The molecule has 17 heavy (non-hydrogen) atoms. The number of rotatable bonds is 4. The van der Waals surface area contributed by atoms with Crippen LogP contribution in [0.15, 0.2) is 24.3 Å². The lowest BCUT2D eigenvalue weighted by molar-refractivity contribution is 0.0368. The first-order valence-corrected chi connectivity index (χ1v) is 5.97. The number of halogens is 2. The highest BCUT2D eigenvalue weighted by Crippen LogP contribution is 2.25. The van der Waals surface area contributed by atoms with Gasteiger partial charge in [-0.25, -0.2) is 8.78 Å². The molecule has 2 nitrogen and oxygen atoms in total. The van der Waals surface area contributed by atoms with Crippen molar-refractivity contribution >= 4 is 5.69 Å². The Balaban J connectivity index is 2.01. The topological polar surface area (TPSA) is 24.1 Å². The van der Waals surface area contributed by atoms with Crippen LogP contribution in [0.4, 0.5) is 14.5 Å². The fourth-order valence-electron chi connectivity index (χ4n) is 2.10. The van der Waals surface area contributed by atoms with E-state index < -0.39 is 5.92 Å². The predicted molar refractivity (Wildman–Crippen MR) is 65.8 cm³/mol. The number of hydrogen-bond donors (Lipinski definition) is 2. The van der Waals surface area contributed by atoms with E-state index in [9.17, 15) is 8.78 Å². The minimum Gasteiger partial charge on any atom is -0.379 e. The molecule has 0 bridgehead atoms. The maximum Gasteiger partial charge on any atom is 0.262 e. The summed E-state index contributed by atoms with van der Waals surface area (Å²) in [5, 5.41) is 6.08. The Morgan fingerprint density at radius 1 is 1.47 bits per heavy atom. The maximum atomic E-state index is 12.7. The van der Waals surface area contributed by atoms with Gasteiger partial charge in [0.1, 0.15) is 0 Å². The van der Waals surface area contributed by atoms with Gasteiger partial charge in [-0.15, -0.1) is 0 Å². The zero-order valence-electron chi connectivity index (χ0n) is 9.97. The van der Waals surface area contributed by atoms with Gasteiger partial charge in [-0.1, -0.05) is 12.1 Å². The quantitative estimate of drug-likeness (QED) is 0.845. The molecule has 1 atom stereocenters. The maximum absolute atomic E-state index is 12.7. The van der Waals surface area contributed by atoms with Gasteiger partial charge in [0.15, 0.2) is 0 Å². The van der Waals surface area contributed by atoms with E-state index in [1.54, 1.807) is 0 Å². The second-order valence-corrected chi connectivity index (χ2v) is 4.74. The Hall–Kier alpha value is -1.16. The molecule has 4 heteroatoms. The van der Waals surface area contributed by atoms with Crippen LogP contribution in [0.25, 0.3) is 0 Å². The van der Waals surface area contributed by atoms with Crippen molar-refractivity contribution in [3.63, 3.8) is 0 Å². The number of nitrogens with one attached hydrogen (secondary N) is 2. The lowest BCUT2D eigenvalue weighted by atomic mass is 9.98. The minimum absolute atomic E-state index is 0.320. The van der Waals surface area contributed by atoms with Crippen molar-refractivity contribution in [2.24, 2.45) is 0 Å². The molecule has 1 aliphatic heterocycles. The SMILES string of the molecule is CC(F)(F)CNc1cccc(C2CCNC2)c1. The normalized spacial score (nSPS) is 20.5. The molecule has 94 valence electrons. The zero-order chi connectivity index (χ0) is 12.3. The third-order valence-corrected chi connectivity index (χ3v) is 3.02. The highest BCUT2D eigenvalue weighted by atomic mass is 19.3. The summed E-state index contributed by atoms with van der Waals surface area (Å²) in [4.78, 5) is 0. The van der Waals surface area contributed by atoms with Gasteiger partial charge in [-0.3, -0.25) is 0 Å². The van der Waals surface area contributed by atoms with Crippen molar-refractivity contribution < 1.29 is 8.78 Å². The summed E-state index contributed by atoms with van der Waals surface area (Å²) in [6.45, 7) is 2.62. The minimum atomic E-state index is -2.68. The number of benzene rings is 1. The summed E-state index contributed by atoms with van der Waals surface area (Å²) in [6, 6.07) is 7.79. The second-order valence-electron chi connectivity index (χ2n) is 4.74. The monoisotopic (exact) mass is 240 g/mol. The van der Waals surface area contributed by atoms with Crippen LogP contribution >= 0.6 is 0 Å². The van der Waals surface area contributed by atoms with Crippen molar-refractivity contribution in [1.82, 2.24) is 5.32 Å². The summed E-state index contributed by atoms with van der Waals surface area (Å²) in [5.41, 5.74) is 2.00. The molecule has 0 radical (unpaired) electrons. The number of anilines is 1. The van der Waals surface area contributed by atoms with Gasteiger partial charge in [-0.2, -0.15) is 0 Å². The lowest BCUT2D eigenvalue weighted by Gasteiger charge is -2.15. The van der Waals surface area contributed by atoms with Gasteiger partial charge in [0, 0.05) is 19.2 Å². The molecule has 1 fully saturated rings. The van der Waals surface area contributed by atoms with Crippen molar-refractivity contribution in [3.8, 4) is 0 Å². The first kappa shape index (κ1) is 12.3. The van der Waals surface area contributed by atoms with E-state index in [1.165, 1.54) is 5.56 Å². The average Bonchev–Trinajstić information content (AvgIpc) is 2.79. The van der Waals surface area contributed by atoms with Crippen LogP contribution in [0.2, 0.25) is 0 Å². The molecule has 1 saturated heterocycles. The van der Waals surface area contributed by atoms with Gasteiger partial charge < -0.3 is 10.6 Å². The summed E-state index contributed by atoms with van der Waals surface area (Å²) in [6.07, 6.45) is 1.12. The molecule has 2 rings (SSSR count). The highest BCUT2D eigenvalue weighted by molar-refractivity contribution is 5.47. The molecule has 0 spiro atoms. The predicted octanol–water partition coefficient (Wildman–Crippen LogP) is 2.83. The van der Waals surface area contributed by atoms with Crippen molar-refractivity contribution in [2.75, 3.05) is 25.0 Å². The van der Waals surface area contributed by atoms with Gasteiger partial charge >= 0.3 is 0 Å². The van der Waals surface area contributed by atoms with E-state index in [4.69, 9.17) is 0 Å². The van der Waals surface area contributed by atoms with Crippen molar-refractivity contribution in [3.05, 3.63) is 29.8 Å². The average molecular weight is 240 g/mol. The molecule has 0 aromatic heterocycles. The van der Waals surface area contributed by atoms with E-state index in [-0.39, 0.29) is 6.54 Å². The van der Waals surface area contributed by atoms with E-state index in [0.29, 0.717) is 5.92 Å². The van der Waals surface area contributed by atoms with Crippen LogP contribution in [-0.2, 0) is 0 Å². The third kappa shape index (κ3) is 3.66. The summed E-state index contributed by atoms with van der Waals surface area (Å²) < 4.78 is 25.5. The number of alkyl halides is 2. The highest BCUT2D eigenvalue weighted by Gasteiger charge is 2.21. The first-order valence-electron chi connectivity index (χ1n) is 5.97. The van der Waals surface area contributed by atoms with Crippen molar-refractivity contribution in [1.29, 1.82) is 0 Å². The lowest BCUT2D eigenvalue weighted by Crippen LogP contribution is -2.22. The summed E-state index contributed by atoms with van der Waals surface area (Å²) in [5.74, 6) is -2.16. The fraction of sp³-hybridized carbons (Fsp3) is 0.538. The molecule has 0 amide bonds. The van der Waals surface area contributed by atoms with Crippen LogP contribution in [0.1, 0.15) is 24.8 Å². The van der Waals surface area contributed by atoms with Crippen LogP contribution in [0.5, 0.6) is 0 Å². The van der Waals surface area contributed by atoms with Gasteiger partial charge in [0.2, 0.25) is 0 Å². The van der Waals surface area contributed by atoms with Gasteiger partial charge in [0.25, 0.3) is 5.92 Å². The van der Waals surface area contributed by atoms with Crippen LogP contribution < -0.4 is 10.6 Å². The first-order chi connectivity index (χ1) is 8.04. The summed E-state index contributed by atoms with van der Waals surface area (Å²) in [7, 11) is 0. The molecule has 0 aliphatic carbocycles. The molecule has 2 N–H and O–H groups in total. The smallest absolute Gasteiger partial charge is 0.262 e. The van der Waals surface area contributed by atoms with Gasteiger partial charge in [0.05, 0.1) is 6.54 Å². The second kappa shape index (κ2) is 5.00. The Morgan fingerprint density at radius 2 is 2.29 bits per heavy atom. The van der Waals surface area contributed by atoms with Crippen LogP contribution in [0.3, 0.4) is 0 Å². The third-order valence-electron chi connectivity index (χ3n) is 3.02. The molecule has 1 aromatic carbocycles. The zero-order valence-corrected chi connectivity index (χ0v) is 9.97. The summed E-state index contributed by atoms with van der Waals surface area (Å²) >= 11 is 0. The van der Waals surface area contributed by atoms with E-state index in [1.807, 2.05) is 18.2 Å². The Labute approximate surface area is 100 Å². The molecule has 0 saturated carbocycles. The van der Waals surface area contributed by atoms with Crippen LogP contribution in [-0.4, -0.2) is 25.6 Å². The molecule has 1 aliphatic rings. The standard InChI is InChI=1S/C13H18F2N2/c1-13(14,15)9-17-12-4-2-3-10(7-12)11-5-6-16-8-11/h2-4,7,11,16-17H,5-6,8-9H2,1H3. The van der Waals surface area contributed by atoms with Gasteiger partial charge in [-0.05, 0) is 36.6 Å². The largest absolute Gasteiger partial charge is 0.379 e. The molecule has 1 heterocycles. The molecule has 1 unspecified atom stereocenters. The Morgan fingerprint density at radius 3 is 2.94 bits per heavy atom. The molecular weight excluding hydrogens is 222 g/mol.